The first-order valence-corrected chi connectivity index (χ1v) is 17.6. The monoisotopic (exact) mass is 643 g/mol. The lowest BCUT2D eigenvalue weighted by molar-refractivity contribution is 1.18. The average molecular weight is 643 g/mol. The lowest BCUT2D eigenvalue weighted by Gasteiger charge is -2.21. The third-order valence-electron chi connectivity index (χ3n) is 10.4. The van der Waals surface area contributed by atoms with Crippen LogP contribution in [0.3, 0.4) is 0 Å². The van der Waals surface area contributed by atoms with Crippen LogP contribution in [0.5, 0.6) is 0 Å². The molecule has 2 radical (unpaired) electrons. The van der Waals surface area contributed by atoms with E-state index < -0.39 is 0 Å². The van der Waals surface area contributed by atoms with Crippen LogP contribution in [0.2, 0.25) is 0 Å². The highest BCUT2D eigenvalue weighted by atomic mass is 15.0. The third-order valence-corrected chi connectivity index (χ3v) is 10.4. The zero-order chi connectivity index (χ0) is 33.7. The summed E-state index contributed by atoms with van der Waals surface area (Å²) in [4.78, 5) is 0. The molecule has 0 fully saturated rings. The molecule has 2 heterocycles. The smallest absolute Gasteiger partial charge is 0.193 e. The fraction of sp³-hybridized carbons (Fsp3) is 0. The Bertz CT molecular complexity index is 2690. The van der Waals surface area contributed by atoms with Gasteiger partial charge in [-0.05, 0) is 80.9 Å². The van der Waals surface area contributed by atoms with Crippen molar-refractivity contribution in [3.63, 3.8) is 0 Å². The molecule has 0 saturated heterocycles. The van der Waals surface area contributed by atoms with Gasteiger partial charge in [-0.15, -0.1) is 0 Å². The summed E-state index contributed by atoms with van der Waals surface area (Å²) in [6.45, 7) is 0. The molecule has 9 aromatic rings. The highest BCUT2D eigenvalue weighted by Crippen LogP contribution is 2.33. The molecule has 3 heteroatoms. The van der Waals surface area contributed by atoms with Crippen LogP contribution >= 0.6 is 0 Å². The minimum atomic E-state index is 1.16. The molecular weight excluding hydrogens is 612 g/mol. The van der Waals surface area contributed by atoms with Crippen molar-refractivity contribution in [2.45, 2.75) is 0 Å². The van der Waals surface area contributed by atoms with Crippen molar-refractivity contribution in [3.05, 3.63) is 188 Å². The summed E-state index contributed by atoms with van der Waals surface area (Å²) < 4.78 is 2.38. The SMILES string of the molecule is [B]1c2ccccc2-c2cc(-c3ccccc3)ccc2[B]c2ccc(-c3ccc(-n4c5ccccc5c5ccccc54)cc3)cc2-c2ccccc21. The van der Waals surface area contributed by atoms with Gasteiger partial charge in [-0.3, -0.25) is 0 Å². The second-order valence-electron chi connectivity index (χ2n) is 13.3. The normalized spacial score (nSPS) is 11.8. The van der Waals surface area contributed by atoms with Gasteiger partial charge in [-0.1, -0.05) is 174 Å². The van der Waals surface area contributed by atoms with Crippen molar-refractivity contribution in [3.8, 4) is 50.2 Å². The number of hydrogen-bond donors (Lipinski definition) is 0. The number of aromatic nitrogens is 1. The van der Waals surface area contributed by atoms with Crippen molar-refractivity contribution in [2.24, 2.45) is 0 Å². The van der Waals surface area contributed by atoms with E-state index in [2.05, 4.69) is 207 Å². The molecule has 1 aliphatic heterocycles. The van der Waals surface area contributed by atoms with Crippen LogP contribution in [-0.4, -0.2) is 19.1 Å². The number of benzene rings is 8. The van der Waals surface area contributed by atoms with E-state index in [1.165, 1.54) is 88.2 Å². The lowest BCUT2D eigenvalue weighted by Crippen LogP contribution is -2.37. The van der Waals surface area contributed by atoms with Gasteiger partial charge in [0.15, 0.2) is 14.6 Å². The molecule has 234 valence electrons. The maximum Gasteiger partial charge on any atom is 0.193 e. The Kier molecular flexibility index (Phi) is 7.10. The second kappa shape index (κ2) is 12.2. The quantitative estimate of drug-likeness (QED) is 0.169. The van der Waals surface area contributed by atoms with E-state index >= 15 is 0 Å². The first-order valence-electron chi connectivity index (χ1n) is 17.6. The van der Waals surface area contributed by atoms with Crippen molar-refractivity contribution in [1.82, 2.24) is 4.57 Å². The molecule has 0 spiro atoms. The maximum absolute atomic E-state index is 2.38. The predicted molar refractivity (Wildman–Crippen MR) is 219 cm³/mol. The summed E-state index contributed by atoms with van der Waals surface area (Å²) in [5.74, 6) is 0. The van der Waals surface area contributed by atoms with Gasteiger partial charge in [-0.25, -0.2) is 0 Å². The largest absolute Gasteiger partial charge is 0.309 e. The molecule has 51 heavy (non-hydrogen) atoms. The molecule has 0 saturated carbocycles. The lowest BCUT2D eigenvalue weighted by atomic mass is 9.54. The number of rotatable bonds is 3. The highest BCUT2D eigenvalue weighted by molar-refractivity contribution is 6.74. The van der Waals surface area contributed by atoms with E-state index in [0.717, 1.165) is 5.69 Å². The Morgan fingerprint density at radius 3 is 1.25 bits per heavy atom. The van der Waals surface area contributed by atoms with E-state index in [1.807, 2.05) is 0 Å². The maximum atomic E-state index is 2.38. The van der Waals surface area contributed by atoms with Crippen LogP contribution in [0.4, 0.5) is 0 Å². The molecular formula is C48H31B2N. The van der Waals surface area contributed by atoms with Crippen molar-refractivity contribution in [2.75, 3.05) is 0 Å². The average Bonchev–Trinajstić information content (AvgIpc) is 3.53. The Morgan fingerprint density at radius 1 is 0.294 bits per heavy atom. The number of fused-ring (bicyclic) bond motifs is 9. The zero-order valence-electron chi connectivity index (χ0n) is 28.0. The van der Waals surface area contributed by atoms with Gasteiger partial charge >= 0.3 is 0 Å². The third kappa shape index (κ3) is 5.13. The minimum Gasteiger partial charge on any atom is -0.309 e. The first kappa shape index (κ1) is 29.6. The van der Waals surface area contributed by atoms with Crippen LogP contribution in [0.25, 0.3) is 72.0 Å². The Labute approximate surface area is 300 Å². The molecule has 1 aliphatic rings. The van der Waals surface area contributed by atoms with Gasteiger partial charge in [0.25, 0.3) is 0 Å². The number of nitrogens with zero attached hydrogens (tertiary/aromatic N) is 1. The van der Waals surface area contributed by atoms with Gasteiger partial charge in [-0.2, -0.15) is 0 Å². The molecule has 0 atom stereocenters. The van der Waals surface area contributed by atoms with Crippen LogP contribution in [0.1, 0.15) is 0 Å². The van der Waals surface area contributed by atoms with Gasteiger partial charge in [0, 0.05) is 16.5 Å². The van der Waals surface area contributed by atoms with E-state index in [4.69, 9.17) is 0 Å². The van der Waals surface area contributed by atoms with Gasteiger partial charge in [0.1, 0.15) is 0 Å². The van der Waals surface area contributed by atoms with Gasteiger partial charge < -0.3 is 4.57 Å². The summed E-state index contributed by atoms with van der Waals surface area (Å²) in [6, 6.07) is 68.5. The molecule has 1 nitrogen and oxygen atoms in total. The summed E-state index contributed by atoms with van der Waals surface area (Å²) in [7, 11) is 4.72. The molecule has 0 aliphatic carbocycles. The van der Waals surface area contributed by atoms with Crippen molar-refractivity contribution < 1.29 is 0 Å². The van der Waals surface area contributed by atoms with E-state index in [1.54, 1.807) is 0 Å². The molecule has 0 bridgehead atoms. The number of para-hydroxylation sites is 2. The van der Waals surface area contributed by atoms with Gasteiger partial charge in [0.05, 0.1) is 11.0 Å². The van der Waals surface area contributed by atoms with E-state index in [-0.39, 0.29) is 0 Å². The summed E-state index contributed by atoms with van der Waals surface area (Å²) in [5, 5.41) is 2.55. The summed E-state index contributed by atoms with van der Waals surface area (Å²) >= 11 is 0. The first-order chi connectivity index (χ1) is 25.3. The predicted octanol–water partition coefficient (Wildman–Crippen LogP) is 9.08. The topological polar surface area (TPSA) is 4.93 Å². The fourth-order valence-corrected chi connectivity index (χ4v) is 7.90. The van der Waals surface area contributed by atoms with Gasteiger partial charge in [0.2, 0.25) is 0 Å². The molecule has 10 rings (SSSR count). The summed E-state index contributed by atoms with van der Waals surface area (Å²) in [6.07, 6.45) is 0. The Hall–Kier alpha value is -6.31. The minimum absolute atomic E-state index is 1.16. The Balaban J connectivity index is 1.10. The van der Waals surface area contributed by atoms with Crippen LogP contribution in [0, 0.1) is 0 Å². The van der Waals surface area contributed by atoms with Crippen LogP contribution in [-0.2, 0) is 0 Å². The molecule has 8 aromatic carbocycles. The zero-order valence-corrected chi connectivity index (χ0v) is 28.0. The fourth-order valence-electron chi connectivity index (χ4n) is 7.90. The second-order valence-corrected chi connectivity index (χ2v) is 13.3. The Morgan fingerprint density at radius 2 is 0.706 bits per heavy atom. The highest BCUT2D eigenvalue weighted by Gasteiger charge is 2.20. The van der Waals surface area contributed by atoms with Crippen LogP contribution in [0.15, 0.2) is 188 Å². The van der Waals surface area contributed by atoms with E-state index in [9.17, 15) is 0 Å². The van der Waals surface area contributed by atoms with Crippen molar-refractivity contribution in [1.29, 1.82) is 0 Å². The van der Waals surface area contributed by atoms with E-state index in [0.29, 0.717) is 0 Å². The number of hydrogen-bond acceptors (Lipinski definition) is 0. The molecule has 0 N–H and O–H groups in total. The van der Waals surface area contributed by atoms with Crippen LogP contribution < -0.4 is 21.9 Å². The molecule has 0 amide bonds. The molecule has 1 aromatic heterocycles. The molecule has 0 unspecified atom stereocenters. The standard InChI is InChI=1S/C48H31B2N/c1-2-12-32(13-3-1)34-24-28-45-41(30-34)37-14-4-8-18-43(37)49-44-19-9-5-15-38(44)42-31-35(25-29-46(42)50-45)33-22-26-36(27-23-33)51-47-20-10-6-16-39(47)40-17-7-11-21-48(40)51/h1-31H. The summed E-state index contributed by atoms with van der Waals surface area (Å²) in [5.41, 5.74) is 18.2. The van der Waals surface area contributed by atoms with Crippen molar-refractivity contribution >= 4 is 58.2 Å².